The van der Waals surface area contributed by atoms with Crippen molar-refractivity contribution in [3.05, 3.63) is 0 Å². The predicted molar refractivity (Wildman–Crippen MR) is 59.9 cm³/mol. The Kier molecular flexibility index (Phi) is 7.25. The van der Waals surface area contributed by atoms with Gasteiger partial charge >= 0.3 is 12.1 Å². The second-order valence-electron chi connectivity index (χ2n) is 3.86. The molecule has 0 bridgehead atoms. The summed E-state index contributed by atoms with van der Waals surface area (Å²) in [6.45, 7) is 0.00847. The molecule has 0 unspecified atom stereocenters. The van der Waals surface area contributed by atoms with Crippen LogP contribution in [0.3, 0.4) is 0 Å². The van der Waals surface area contributed by atoms with Gasteiger partial charge in [-0.25, -0.2) is 0 Å². The van der Waals surface area contributed by atoms with Gasteiger partial charge in [0.2, 0.25) is 0 Å². The highest BCUT2D eigenvalue weighted by atomic mass is 35.5. The van der Waals surface area contributed by atoms with E-state index in [1.54, 1.807) is 0 Å². The first-order chi connectivity index (χ1) is 8.78. The minimum absolute atomic E-state index is 0.00847. The third-order valence-corrected chi connectivity index (χ3v) is 2.52. The fourth-order valence-corrected chi connectivity index (χ4v) is 1.31. The molecule has 0 heterocycles. The van der Waals surface area contributed by atoms with Crippen molar-refractivity contribution in [1.82, 2.24) is 0 Å². The van der Waals surface area contributed by atoms with Gasteiger partial charge in [-0.2, -0.15) is 23.7 Å². The second kappa shape index (κ2) is 7.85. The van der Waals surface area contributed by atoms with Gasteiger partial charge in [0.15, 0.2) is 5.41 Å². The van der Waals surface area contributed by atoms with Gasteiger partial charge in [-0.15, -0.1) is 11.6 Å². The number of rotatable bonds is 7. The quantitative estimate of drug-likeness (QED) is 0.411. The van der Waals surface area contributed by atoms with E-state index in [-0.39, 0.29) is 12.5 Å². The van der Waals surface area contributed by atoms with E-state index in [2.05, 4.69) is 4.74 Å². The number of nitrogens with zero attached hydrogens (tertiary/aromatic N) is 2. The number of alkyl halides is 4. The van der Waals surface area contributed by atoms with Crippen LogP contribution in [0.5, 0.6) is 0 Å². The Balaban J connectivity index is 4.52. The number of esters is 1. The highest BCUT2D eigenvalue weighted by Gasteiger charge is 2.39. The van der Waals surface area contributed by atoms with Crippen LogP contribution in [0.4, 0.5) is 13.2 Å². The molecule has 0 saturated heterocycles. The van der Waals surface area contributed by atoms with Crippen molar-refractivity contribution in [2.24, 2.45) is 5.41 Å². The lowest BCUT2D eigenvalue weighted by molar-refractivity contribution is -0.148. The lowest BCUT2D eigenvalue weighted by Crippen LogP contribution is -2.25. The SMILES string of the molecule is N#CC(C#N)(CCC(F)(F)F)CC(=O)OCCCCl. The van der Waals surface area contributed by atoms with Gasteiger partial charge in [0.1, 0.15) is 0 Å². The van der Waals surface area contributed by atoms with Crippen molar-refractivity contribution < 1.29 is 22.7 Å². The van der Waals surface area contributed by atoms with Crippen LogP contribution in [0.25, 0.3) is 0 Å². The lowest BCUT2D eigenvalue weighted by Gasteiger charge is -2.18. The van der Waals surface area contributed by atoms with E-state index >= 15 is 0 Å². The fraction of sp³-hybridized carbons (Fsp3) is 0.727. The molecule has 0 aromatic rings. The summed E-state index contributed by atoms with van der Waals surface area (Å²) in [5, 5.41) is 17.7. The Morgan fingerprint density at radius 2 is 1.79 bits per heavy atom. The van der Waals surface area contributed by atoms with Gasteiger partial charge in [0, 0.05) is 12.3 Å². The molecule has 0 atom stereocenters. The van der Waals surface area contributed by atoms with E-state index in [1.807, 2.05) is 0 Å². The molecule has 8 heteroatoms. The average Bonchev–Trinajstić information content (AvgIpc) is 2.34. The molecule has 4 nitrogen and oxygen atoms in total. The second-order valence-corrected chi connectivity index (χ2v) is 4.24. The molecule has 0 aliphatic rings. The van der Waals surface area contributed by atoms with E-state index in [4.69, 9.17) is 22.1 Å². The van der Waals surface area contributed by atoms with Crippen LogP contribution in [0.15, 0.2) is 0 Å². The van der Waals surface area contributed by atoms with Crippen molar-refractivity contribution in [2.45, 2.75) is 31.9 Å². The molecule has 0 spiro atoms. The van der Waals surface area contributed by atoms with E-state index in [9.17, 15) is 18.0 Å². The average molecular weight is 297 g/mol. The van der Waals surface area contributed by atoms with Gasteiger partial charge < -0.3 is 4.74 Å². The maximum atomic E-state index is 12.1. The summed E-state index contributed by atoms with van der Waals surface area (Å²) < 4.78 is 41.0. The molecule has 0 saturated carbocycles. The van der Waals surface area contributed by atoms with Gasteiger partial charge in [0.05, 0.1) is 25.2 Å². The largest absolute Gasteiger partial charge is 0.466 e. The molecule has 0 aliphatic carbocycles. The smallest absolute Gasteiger partial charge is 0.389 e. The first kappa shape index (κ1) is 17.5. The van der Waals surface area contributed by atoms with Crippen molar-refractivity contribution in [1.29, 1.82) is 10.5 Å². The summed E-state index contributed by atoms with van der Waals surface area (Å²) in [6, 6.07) is 2.94. The first-order valence-electron chi connectivity index (χ1n) is 5.39. The number of hydrogen-bond donors (Lipinski definition) is 0. The number of hydrogen-bond acceptors (Lipinski definition) is 4. The van der Waals surface area contributed by atoms with Crippen molar-refractivity contribution in [3.63, 3.8) is 0 Å². The summed E-state index contributed by atoms with van der Waals surface area (Å²) in [5.41, 5.74) is -2.01. The molecule has 106 valence electrons. The molecule has 0 fully saturated rings. The highest BCUT2D eigenvalue weighted by Crippen LogP contribution is 2.33. The molecular formula is C11H12ClF3N2O2. The van der Waals surface area contributed by atoms with Crippen LogP contribution in [-0.4, -0.2) is 24.6 Å². The van der Waals surface area contributed by atoms with E-state index in [1.165, 1.54) is 12.1 Å². The lowest BCUT2D eigenvalue weighted by atomic mass is 9.83. The molecule has 0 N–H and O–H groups in total. The predicted octanol–water partition coefficient (Wildman–Crippen LogP) is 2.92. The summed E-state index contributed by atoms with van der Waals surface area (Å²) in [6.07, 6.45) is -6.83. The van der Waals surface area contributed by atoms with E-state index in [0.29, 0.717) is 6.42 Å². The standard InChI is InChI=1S/C11H12ClF3N2O2/c12-4-1-5-19-9(18)6-10(7-16,8-17)2-3-11(13,14)15/h1-6H2. The number of nitriles is 2. The van der Waals surface area contributed by atoms with Gasteiger partial charge in [-0.1, -0.05) is 0 Å². The monoisotopic (exact) mass is 296 g/mol. The van der Waals surface area contributed by atoms with Crippen molar-refractivity contribution in [3.8, 4) is 12.1 Å². The van der Waals surface area contributed by atoms with Crippen molar-refractivity contribution in [2.75, 3.05) is 12.5 Å². The van der Waals surface area contributed by atoms with Gasteiger partial charge in [-0.3, -0.25) is 4.79 Å². The van der Waals surface area contributed by atoms with E-state index < -0.39 is 36.8 Å². The minimum Gasteiger partial charge on any atom is -0.466 e. The highest BCUT2D eigenvalue weighted by molar-refractivity contribution is 6.17. The Bertz CT molecular complexity index is 371. The molecule has 0 radical (unpaired) electrons. The number of carbonyl (C=O) groups is 1. The molecule has 0 rings (SSSR count). The number of halogens is 4. The van der Waals surface area contributed by atoms with Crippen LogP contribution in [-0.2, 0) is 9.53 Å². The summed E-state index contributed by atoms with van der Waals surface area (Å²) in [5.74, 6) is -0.612. The van der Waals surface area contributed by atoms with Crippen LogP contribution in [0, 0.1) is 28.1 Å². The van der Waals surface area contributed by atoms with Crippen LogP contribution >= 0.6 is 11.6 Å². The number of ether oxygens (including phenoxy) is 1. The zero-order valence-corrected chi connectivity index (χ0v) is 10.7. The molecule has 0 amide bonds. The van der Waals surface area contributed by atoms with Gasteiger partial charge in [-0.05, 0) is 12.8 Å². The van der Waals surface area contributed by atoms with E-state index in [0.717, 1.165) is 0 Å². The topological polar surface area (TPSA) is 73.9 Å². The summed E-state index contributed by atoms with van der Waals surface area (Å²) in [7, 11) is 0. The third-order valence-electron chi connectivity index (χ3n) is 2.25. The van der Waals surface area contributed by atoms with Crippen molar-refractivity contribution >= 4 is 17.6 Å². The summed E-state index contributed by atoms with van der Waals surface area (Å²) >= 11 is 5.35. The first-order valence-corrected chi connectivity index (χ1v) is 5.93. The molecule has 19 heavy (non-hydrogen) atoms. The zero-order valence-electron chi connectivity index (χ0n) is 9.97. The van der Waals surface area contributed by atoms with Crippen LogP contribution in [0.1, 0.15) is 25.7 Å². The van der Waals surface area contributed by atoms with Crippen LogP contribution < -0.4 is 0 Å². The Morgan fingerprint density at radius 1 is 1.21 bits per heavy atom. The van der Waals surface area contributed by atoms with Gasteiger partial charge in [0.25, 0.3) is 0 Å². The number of carbonyl (C=O) groups excluding carboxylic acids is 1. The molecular weight excluding hydrogens is 285 g/mol. The Morgan fingerprint density at radius 3 is 2.21 bits per heavy atom. The Hall–Kier alpha value is -1.47. The zero-order chi connectivity index (χ0) is 14.9. The fourth-order valence-electron chi connectivity index (χ4n) is 1.20. The minimum atomic E-state index is -4.48. The van der Waals surface area contributed by atoms with Crippen LogP contribution in [0.2, 0.25) is 0 Å². The summed E-state index contributed by atoms with van der Waals surface area (Å²) in [4.78, 5) is 11.3. The molecule has 0 aliphatic heterocycles. The molecule has 0 aromatic heterocycles. The third kappa shape index (κ3) is 7.53. The maximum Gasteiger partial charge on any atom is 0.389 e. The maximum absolute atomic E-state index is 12.1. The molecule has 0 aromatic carbocycles. The normalized spacial score (nSPS) is 11.5. The Labute approximate surface area is 113 Å².